The van der Waals surface area contributed by atoms with Crippen molar-refractivity contribution in [3.05, 3.63) is 95.9 Å². The first kappa shape index (κ1) is 28.4. The molecule has 2 aromatic carbocycles. The van der Waals surface area contributed by atoms with Crippen molar-refractivity contribution < 1.29 is 28.5 Å². The Labute approximate surface area is 251 Å². The van der Waals surface area contributed by atoms with Gasteiger partial charge in [0.2, 0.25) is 6.79 Å². The lowest BCUT2D eigenvalue weighted by atomic mass is 9.95. The van der Waals surface area contributed by atoms with Gasteiger partial charge in [0.15, 0.2) is 16.3 Å². The van der Waals surface area contributed by atoms with Crippen LogP contribution in [0, 0.1) is 13.8 Å². The fraction of sp³-hybridized carbons (Fsp3) is 0.281. The van der Waals surface area contributed by atoms with Crippen LogP contribution in [0.25, 0.3) is 11.8 Å². The largest absolute Gasteiger partial charge is 0.497 e. The molecule has 43 heavy (non-hydrogen) atoms. The average molecular weight is 602 g/mol. The minimum absolute atomic E-state index is 0.186. The van der Waals surface area contributed by atoms with Crippen molar-refractivity contribution in [3.8, 4) is 28.7 Å². The van der Waals surface area contributed by atoms with Gasteiger partial charge in [-0.15, -0.1) is 0 Å². The van der Waals surface area contributed by atoms with E-state index in [1.165, 1.54) is 11.3 Å². The second-order valence-corrected chi connectivity index (χ2v) is 11.1. The number of aryl methyl sites for hydroxylation is 1. The number of carbonyl (C=O) groups excluding carboxylic acids is 1. The molecule has 4 heterocycles. The Balaban J connectivity index is 1.52. The molecule has 2 aliphatic rings. The van der Waals surface area contributed by atoms with Gasteiger partial charge in [0.1, 0.15) is 17.5 Å². The molecule has 2 aromatic heterocycles. The highest BCUT2D eigenvalue weighted by Gasteiger charge is 2.35. The monoisotopic (exact) mass is 601 g/mol. The third-order valence-electron chi connectivity index (χ3n) is 7.62. The molecule has 11 heteroatoms. The van der Waals surface area contributed by atoms with Crippen molar-refractivity contribution in [1.82, 2.24) is 9.13 Å². The zero-order chi connectivity index (χ0) is 30.4. The van der Waals surface area contributed by atoms with Gasteiger partial charge in [-0.2, -0.15) is 0 Å². The number of allylic oxidation sites excluding steroid dienone is 1. The highest BCUT2D eigenvalue weighted by molar-refractivity contribution is 7.07. The zero-order valence-electron chi connectivity index (χ0n) is 24.7. The minimum atomic E-state index is -0.806. The molecule has 6 rings (SSSR count). The Hall–Kier alpha value is -4.77. The van der Waals surface area contributed by atoms with Crippen LogP contribution in [0.4, 0.5) is 0 Å². The molecule has 0 aliphatic carbocycles. The fourth-order valence-corrected chi connectivity index (χ4v) is 6.66. The van der Waals surface area contributed by atoms with Gasteiger partial charge in [0, 0.05) is 34.8 Å². The normalized spacial score (nSPS) is 15.8. The number of methoxy groups -OCH3 is 2. The molecule has 0 unspecified atom stereocenters. The molecule has 1 atom stereocenters. The summed E-state index contributed by atoms with van der Waals surface area (Å²) >= 11 is 1.27. The number of esters is 1. The van der Waals surface area contributed by atoms with E-state index in [9.17, 15) is 9.59 Å². The van der Waals surface area contributed by atoms with E-state index in [1.54, 1.807) is 50.8 Å². The number of ether oxygens (including phenoxy) is 5. The standard InChI is InChI=1S/C32H31N3O7S/c1-7-40-31(37)28-18(3)33-32-35(29(28)23-10-9-22(38-5)15-25(23)39-6)30(36)27(43-32)13-20-12-17(2)34(19(20)4)21-8-11-24-26(14-21)42-16-41-24/h8-15,29H,7,16H2,1-6H3/b27-13+/t29-/m1/s1. The Morgan fingerprint density at radius 1 is 1.07 bits per heavy atom. The van der Waals surface area contributed by atoms with Crippen molar-refractivity contribution in [2.45, 2.75) is 33.7 Å². The van der Waals surface area contributed by atoms with E-state index in [0.29, 0.717) is 43.6 Å². The summed E-state index contributed by atoms with van der Waals surface area (Å²) in [6.45, 7) is 7.91. The van der Waals surface area contributed by atoms with Crippen molar-refractivity contribution >= 4 is 23.4 Å². The summed E-state index contributed by atoms with van der Waals surface area (Å²) in [7, 11) is 3.10. The second-order valence-electron chi connectivity index (χ2n) is 10.1. The summed E-state index contributed by atoms with van der Waals surface area (Å²) in [5.41, 5.74) is 4.89. The van der Waals surface area contributed by atoms with Crippen LogP contribution in [0.1, 0.15) is 42.4 Å². The van der Waals surface area contributed by atoms with E-state index >= 15 is 0 Å². The maximum Gasteiger partial charge on any atom is 0.338 e. The molecule has 222 valence electrons. The van der Waals surface area contributed by atoms with Gasteiger partial charge in [0.25, 0.3) is 5.56 Å². The summed E-state index contributed by atoms with van der Waals surface area (Å²) < 4.78 is 31.7. The number of rotatable bonds is 7. The number of nitrogens with zero attached hydrogens (tertiary/aromatic N) is 3. The molecule has 0 spiro atoms. The Kier molecular flexibility index (Phi) is 7.35. The van der Waals surface area contributed by atoms with E-state index < -0.39 is 12.0 Å². The van der Waals surface area contributed by atoms with Crippen LogP contribution in [0.2, 0.25) is 0 Å². The van der Waals surface area contributed by atoms with Crippen molar-refractivity contribution in [3.63, 3.8) is 0 Å². The first-order chi connectivity index (χ1) is 20.7. The second kappa shape index (κ2) is 11.1. The van der Waals surface area contributed by atoms with Gasteiger partial charge in [-0.1, -0.05) is 11.3 Å². The van der Waals surface area contributed by atoms with E-state index in [0.717, 1.165) is 22.6 Å². The zero-order valence-corrected chi connectivity index (χ0v) is 25.5. The number of hydrogen-bond donors (Lipinski definition) is 0. The van der Waals surface area contributed by atoms with Crippen LogP contribution in [0.5, 0.6) is 23.0 Å². The number of benzene rings is 2. The molecule has 0 saturated heterocycles. The molecule has 0 radical (unpaired) electrons. The Bertz CT molecular complexity index is 1980. The molecule has 0 amide bonds. The van der Waals surface area contributed by atoms with Gasteiger partial charge >= 0.3 is 5.97 Å². The molecule has 10 nitrogen and oxygen atoms in total. The first-order valence-electron chi connectivity index (χ1n) is 13.8. The molecule has 0 bridgehead atoms. The Morgan fingerprint density at radius 3 is 2.60 bits per heavy atom. The maximum atomic E-state index is 14.2. The van der Waals surface area contributed by atoms with Crippen molar-refractivity contribution in [2.24, 2.45) is 4.99 Å². The predicted molar refractivity (Wildman–Crippen MR) is 161 cm³/mol. The summed E-state index contributed by atoms with van der Waals surface area (Å²) in [5.74, 6) is 1.94. The highest BCUT2D eigenvalue weighted by atomic mass is 32.1. The molecule has 0 saturated carbocycles. The van der Waals surface area contributed by atoms with E-state index in [2.05, 4.69) is 9.56 Å². The number of hydrogen-bond acceptors (Lipinski definition) is 9. The van der Waals surface area contributed by atoms with Crippen LogP contribution in [-0.4, -0.2) is 42.7 Å². The van der Waals surface area contributed by atoms with Crippen molar-refractivity contribution in [2.75, 3.05) is 27.6 Å². The van der Waals surface area contributed by atoms with Gasteiger partial charge in [0.05, 0.1) is 36.6 Å². The third kappa shape index (κ3) is 4.79. The molecule has 0 fully saturated rings. The lowest BCUT2D eigenvalue weighted by Gasteiger charge is -2.26. The number of fused-ring (bicyclic) bond motifs is 2. The maximum absolute atomic E-state index is 14.2. The summed E-state index contributed by atoms with van der Waals surface area (Å²) in [6, 6.07) is 12.4. The van der Waals surface area contributed by atoms with Crippen molar-refractivity contribution in [1.29, 1.82) is 0 Å². The summed E-state index contributed by atoms with van der Waals surface area (Å²) in [5, 5.41) is 0. The van der Waals surface area contributed by atoms with E-state index in [1.807, 2.05) is 44.2 Å². The van der Waals surface area contributed by atoms with Gasteiger partial charge in [-0.05, 0) is 69.7 Å². The molecule has 4 aromatic rings. The SMILES string of the molecule is CCOC(=O)C1=C(C)N=c2s/c(=C/c3cc(C)n(-c4ccc5c(c4)OCO5)c3C)c(=O)n2[C@@H]1c1ccc(OC)cc1OC. The summed E-state index contributed by atoms with van der Waals surface area (Å²) in [6.07, 6.45) is 1.88. The van der Waals surface area contributed by atoms with Crippen LogP contribution >= 0.6 is 11.3 Å². The third-order valence-corrected chi connectivity index (χ3v) is 8.61. The lowest BCUT2D eigenvalue weighted by molar-refractivity contribution is -0.139. The molecule has 2 aliphatic heterocycles. The van der Waals surface area contributed by atoms with Crippen LogP contribution in [0.15, 0.2) is 63.5 Å². The number of thiazole rings is 1. The quantitative estimate of drug-likeness (QED) is 0.296. The average Bonchev–Trinajstić information content (AvgIpc) is 3.67. The van der Waals surface area contributed by atoms with Gasteiger partial charge in [-0.25, -0.2) is 9.79 Å². The van der Waals surface area contributed by atoms with E-state index in [4.69, 9.17) is 23.7 Å². The summed E-state index contributed by atoms with van der Waals surface area (Å²) in [4.78, 5) is 32.6. The number of carbonyl (C=O) groups is 1. The predicted octanol–water partition coefficient (Wildman–Crippen LogP) is 3.95. The van der Waals surface area contributed by atoms with Gasteiger partial charge < -0.3 is 28.3 Å². The van der Waals surface area contributed by atoms with Crippen LogP contribution in [-0.2, 0) is 9.53 Å². The first-order valence-corrected chi connectivity index (χ1v) is 14.6. The van der Waals surface area contributed by atoms with Gasteiger partial charge in [-0.3, -0.25) is 9.36 Å². The lowest BCUT2D eigenvalue weighted by Crippen LogP contribution is -2.40. The molecular weight excluding hydrogens is 570 g/mol. The Morgan fingerprint density at radius 2 is 1.86 bits per heavy atom. The van der Waals surface area contributed by atoms with Crippen LogP contribution < -0.4 is 33.8 Å². The van der Waals surface area contributed by atoms with Crippen LogP contribution in [0.3, 0.4) is 0 Å². The van der Waals surface area contributed by atoms with E-state index in [-0.39, 0.29) is 24.5 Å². The minimum Gasteiger partial charge on any atom is -0.497 e. The topological polar surface area (TPSA) is 103 Å². The number of aromatic nitrogens is 2. The smallest absolute Gasteiger partial charge is 0.338 e. The highest BCUT2D eigenvalue weighted by Crippen LogP contribution is 2.38. The molecule has 0 N–H and O–H groups in total. The molecular formula is C32H31N3O7S. The fourth-order valence-electron chi connectivity index (χ4n) is 5.63.